The van der Waals surface area contributed by atoms with Gasteiger partial charge in [0.05, 0.1) is 0 Å². The molecule has 0 spiro atoms. The van der Waals surface area contributed by atoms with Crippen LogP contribution in [-0.4, -0.2) is 25.2 Å². The van der Waals surface area contributed by atoms with Gasteiger partial charge in [-0.1, -0.05) is 6.92 Å². The minimum atomic E-state index is -0.163. The number of nitrogens with one attached hydrogen (secondary N) is 1. The zero-order valence-electron chi connectivity index (χ0n) is 7.09. The van der Waals surface area contributed by atoms with Gasteiger partial charge in [-0.25, -0.2) is 0 Å². The summed E-state index contributed by atoms with van der Waals surface area (Å²) in [5, 5.41) is 3.25. The Kier molecular flexibility index (Phi) is 2.88. The molecule has 0 unspecified atom stereocenters. The van der Waals surface area contributed by atoms with Crippen LogP contribution < -0.4 is 5.32 Å². The number of carbonyl (C=O) groups excluding carboxylic acids is 1. The monoisotopic (exact) mass is 157 g/mol. The lowest BCUT2D eigenvalue weighted by molar-refractivity contribution is -0.149. The van der Waals surface area contributed by atoms with Crippen LogP contribution in [0.25, 0.3) is 0 Å². The van der Waals surface area contributed by atoms with Crippen LogP contribution in [0.15, 0.2) is 0 Å². The normalized spacial score (nSPS) is 31.5. The van der Waals surface area contributed by atoms with Crippen LogP contribution in [-0.2, 0) is 9.53 Å². The summed E-state index contributed by atoms with van der Waals surface area (Å²) in [6.45, 7) is 5.48. The number of carbonyl (C=O) groups is 1. The van der Waals surface area contributed by atoms with Crippen molar-refractivity contribution in [1.82, 2.24) is 5.32 Å². The summed E-state index contributed by atoms with van der Waals surface area (Å²) in [4.78, 5) is 10.6. The third kappa shape index (κ3) is 2.50. The van der Waals surface area contributed by atoms with Gasteiger partial charge in [0.25, 0.3) is 0 Å². The van der Waals surface area contributed by atoms with Crippen molar-refractivity contribution in [2.75, 3.05) is 13.1 Å². The Hall–Kier alpha value is -0.570. The number of hydrogen-bond acceptors (Lipinski definition) is 3. The Morgan fingerprint density at radius 3 is 2.91 bits per heavy atom. The maximum Gasteiger partial charge on any atom is 0.302 e. The fourth-order valence-corrected chi connectivity index (χ4v) is 1.38. The van der Waals surface area contributed by atoms with E-state index in [1.54, 1.807) is 0 Å². The van der Waals surface area contributed by atoms with Gasteiger partial charge in [-0.3, -0.25) is 4.79 Å². The lowest BCUT2D eigenvalue weighted by atomic mass is 9.98. The molecule has 0 aromatic carbocycles. The smallest absolute Gasteiger partial charge is 0.302 e. The molecular weight excluding hydrogens is 142 g/mol. The van der Waals surface area contributed by atoms with Gasteiger partial charge in [-0.2, -0.15) is 0 Å². The second kappa shape index (κ2) is 3.72. The summed E-state index contributed by atoms with van der Waals surface area (Å²) in [6.07, 6.45) is 1.08. The lowest BCUT2D eigenvalue weighted by Crippen LogP contribution is -2.40. The average Bonchev–Trinajstić information content (AvgIpc) is 1.93. The van der Waals surface area contributed by atoms with Gasteiger partial charge in [-0.05, 0) is 13.0 Å². The number of hydrogen-bond donors (Lipinski definition) is 1. The van der Waals surface area contributed by atoms with Crippen molar-refractivity contribution in [3.8, 4) is 0 Å². The zero-order chi connectivity index (χ0) is 8.27. The second-order valence-corrected chi connectivity index (χ2v) is 3.12. The molecule has 0 amide bonds. The molecule has 3 heteroatoms. The molecule has 64 valence electrons. The number of rotatable bonds is 1. The lowest BCUT2D eigenvalue weighted by Gasteiger charge is -2.28. The Morgan fingerprint density at radius 2 is 2.36 bits per heavy atom. The topological polar surface area (TPSA) is 38.3 Å². The zero-order valence-corrected chi connectivity index (χ0v) is 7.09. The standard InChI is InChI=1S/C8H15NO2/c1-6-5-9-4-3-8(6)11-7(2)10/h6,8-9H,3-5H2,1-2H3/t6-,8-/m0/s1. The molecule has 1 aliphatic rings. The molecule has 1 saturated heterocycles. The first-order valence-corrected chi connectivity index (χ1v) is 4.08. The van der Waals surface area contributed by atoms with E-state index in [4.69, 9.17) is 4.74 Å². The molecule has 11 heavy (non-hydrogen) atoms. The van der Waals surface area contributed by atoms with Gasteiger partial charge in [-0.15, -0.1) is 0 Å². The van der Waals surface area contributed by atoms with Crippen molar-refractivity contribution in [2.45, 2.75) is 26.4 Å². The highest BCUT2D eigenvalue weighted by molar-refractivity contribution is 5.66. The summed E-state index contributed by atoms with van der Waals surface area (Å²) >= 11 is 0. The summed E-state index contributed by atoms with van der Waals surface area (Å²) in [5.41, 5.74) is 0. The molecule has 1 fully saturated rings. The predicted octanol–water partition coefficient (Wildman–Crippen LogP) is 0.547. The van der Waals surface area contributed by atoms with Crippen molar-refractivity contribution in [3.63, 3.8) is 0 Å². The molecule has 0 radical (unpaired) electrons. The van der Waals surface area contributed by atoms with E-state index in [1.807, 2.05) is 0 Å². The van der Waals surface area contributed by atoms with Crippen molar-refractivity contribution >= 4 is 5.97 Å². The largest absolute Gasteiger partial charge is 0.462 e. The van der Waals surface area contributed by atoms with Crippen LogP contribution >= 0.6 is 0 Å². The first-order chi connectivity index (χ1) is 5.20. The van der Waals surface area contributed by atoms with Gasteiger partial charge in [0.1, 0.15) is 6.10 Å². The summed E-state index contributed by atoms with van der Waals surface area (Å²) in [5.74, 6) is 0.288. The molecule has 0 bridgehead atoms. The van der Waals surface area contributed by atoms with Gasteiger partial charge >= 0.3 is 5.97 Å². The first kappa shape index (κ1) is 8.53. The van der Waals surface area contributed by atoms with E-state index in [0.29, 0.717) is 5.92 Å². The Balaban J connectivity index is 2.35. The first-order valence-electron chi connectivity index (χ1n) is 4.08. The van der Waals surface area contributed by atoms with Crippen LogP contribution in [0.5, 0.6) is 0 Å². The molecule has 0 aromatic heterocycles. The SMILES string of the molecule is CC(=O)O[C@H]1CCNC[C@@H]1C. The summed E-state index contributed by atoms with van der Waals surface area (Å²) in [6, 6.07) is 0. The van der Waals surface area contributed by atoms with Crippen molar-refractivity contribution < 1.29 is 9.53 Å². The minimum absolute atomic E-state index is 0.133. The van der Waals surface area contributed by atoms with E-state index >= 15 is 0 Å². The Morgan fingerprint density at radius 1 is 1.64 bits per heavy atom. The quantitative estimate of drug-likeness (QED) is 0.565. The van der Waals surface area contributed by atoms with E-state index in [1.165, 1.54) is 6.92 Å². The van der Waals surface area contributed by atoms with E-state index < -0.39 is 0 Å². The van der Waals surface area contributed by atoms with Crippen LogP contribution in [0.3, 0.4) is 0 Å². The maximum absolute atomic E-state index is 10.6. The third-order valence-electron chi connectivity index (χ3n) is 2.02. The minimum Gasteiger partial charge on any atom is -0.462 e. The van der Waals surface area contributed by atoms with Gasteiger partial charge in [0.2, 0.25) is 0 Å². The highest BCUT2D eigenvalue weighted by atomic mass is 16.5. The maximum atomic E-state index is 10.6. The van der Waals surface area contributed by atoms with Crippen molar-refractivity contribution in [2.24, 2.45) is 5.92 Å². The van der Waals surface area contributed by atoms with Gasteiger partial charge in [0, 0.05) is 19.4 Å². The molecule has 2 atom stereocenters. The Bertz CT molecular complexity index is 147. The molecule has 1 heterocycles. The number of esters is 1. The average molecular weight is 157 g/mol. The molecule has 3 nitrogen and oxygen atoms in total. The Labute approximate surface area is 67.1 Å². The van der Waals surface area contributed by atoms with E-state index in [2.05, 4.69) is 12.2 Å². The highest BCUT2D eigenvalue weighted by Gasteiger charge is 2.22. The molecule has 0 aromatic rings. The van der Waals surface area contributed by atoms with Crippen molar-refractivity contribution in [1.29, 1.82) is 0 Å². The fraction of sp³-hybridized carbons (Fsp3) is 0.875. The molecule has 0 aliphatic carbocycles. The predicted molar refractivity (Wildman–Crippen MR) is 42.2 cm³/mol. The molecular formula is C8H15NO2. The van der Waals surface area contributed by atoms with E-state index in [0.717, 1.165) is 19.5 Å². The molecule has 0 saturated carbocycles. The number of ether oxygens (including phenoxy) is 1. The van der Waals surface area contributed by atoms with Crippen LogP contribution in [0, 0.1) is 5.92 Å². The third-order valence-corrected chi connectivity index (χ3v) is 2.02. The van der Waals surface area contributed by atoms with E-state index in [9.17, 15) is 4.79 Å². The highest BCUT2D eigenvalue weighted by Crippen LogP contribution is 2.14. The second-order valence-electron chi connectivity index (χ2n) is 3.12. The number of piperidine rings is 1. The summed E-state index contributed by atoms with van der Waals surface area (Å²) in [7, 11) is 0. The fourth-order valence-electron chi connectivity index (χ4n) is 1.38. The molecule has 1 rings (SSSR count). The molecule has 1 aliphatic heterocycles. The van der Waals surface area contributed by atoms with Gasteiger partial charge in [0.15, 0.2) is 0 Å². The van der Waals surface area contributed by atoms with Crippen LogP contribution in [0.1, 0.15) is 20.3 Å². The van der Waals surface area contributed by atoms with Crippen LogP contribution in [0.4, 0.5) is 0 Å². The van der Waals surface area contributed by atoms with Crippen molar-refractivity contribution in [3.05, 3.63) is 0 Å². The molecule has 1 N–H and O–H groups in total. The van der Waals surface area contributed by atoms with Crippen LogP contribution in [0.2, 0.25) is 0 Å². The van der Waals surface area contributed by atoms with Gasteiger partial charge < -0.3 is 10.1 Å². The van der Waals surface area contributed by atoms with E-state index in [-0.39, 0.29) is 12.1 Å². The summed E-state index contributed by atoms with van der Waals surface area (Å²) < 4.78 is 5.12.